The monoisotopic (exact) mass is 434 g/mol. The maximum atomic E-state index is 12.4. The summed E-state index contributed by atoms with van der Waals surface area (Å²) < 4.78 is 2.76. The highest BCUT2D eigenvalue weighted by Crippen LogP contribution is 2.35. The number of aromatic nitrogens is 1. The Morgan fingerprint density at radius 3 is 2.50 bits per heavy atom. The zero-order chi connectivity index (χ0) is 21.1. The van der Waals surface area contributed by atoms with Crippen LogP contribution in [0.15, 0.2) is 48.5 Å². The van der Waals surface area contributed by atoms with Gasteiger partial charge in [0, 0.05) is 23.4 Å². The molecule has 5 nitrogen and oxygen atoms in total. The predicted molar refractivity (Wildman–Crippen MR) is 123 cm³/mol. The molecular weight excluding hydrogens is 412 g/mol. The Morgan fingerprint density at radius 2 is 1.90 bits per heavy atom. The number of benzene rings is 2. The molecule has 1 N–H and O–H groups in total. The number of aryl methyl sites for hydroxylation is 1. The Morgan fingerprint density at radius 1 is 1.23 bits per heavy atom. The second kappa shape index (κ2) is 8.90. The molecule has 7 heteroatoms. The highest BCUT2D eigenvalue weighted by Gasteiger charge is 2.26. The molecule has 1 aliphatic carbocycles. The van der Waals surface area contributed by atoms with Crippen molar-refractivity contribution in [3.05, 3.63) is 75.8 Å². The zero-order valence-electron chi connectivity index (χ0n) is 16.9. The summed E-state index contributed by atoms with van der Waals surface area (Å²) >= 11 is 2.80. The predicted octanol–water partition coefficient (Wildman–Crippen LogP) is 4.88. The lowest BCUT2D eigenvalue weighted by Crippen LogP contribution is -2.26. The standard InChI is InChI=1S/C23H22N4OS2/c1-15-21(22(28)26-29-2)25-23(30-15)27(20-9-7-16(13-24)8-10-20)14-17-11-18-5-3-4-6-19(18)12-17/h3-10,17H,11-12,14H2,1-2H3,(H,26,28). The minimum atomic E-state index is -0.171. The van der Waals surface area contributed by atoms with E-state index in [4.69, 9.17) is 10.2 Å². The van der Waals surface area contributed by atoms with E-state index >= 15 is 0 Å². The summed E-state index contributed by atoms with van der Waals surface area (Å²) in [7, 11) is 0. The van der Waals surface area contributed by atoms with E-state index in [1.807, 2.05) is 37.4 Å². The van der Waals surface area contributed by atoms with E-state index in [-0.39, 0.29) is 5.91 Å². The molecule has 30 heavy (non-hydrogen) atoms. The van der Waals surface area contributed by atoms with Crippen molar-refractivity contribution in [1.82, 2.24) is 9.71 Å². The lowest BCUT2D eigenvalue weighted by Gasteiger charge is -2.25. The first-order valence-electron chi connectivity index (χ1n) is 9.74. The molecule has 4 rings (SSSR count). The number of rotatable bonds is 6. The SMILES string of the molecule is CSNC(=O)c1nc(N(CC2Cc3ccccc3C2)c2ccc(C#N)cc2)sc1C. The number of nitrogens with one attached hydrogen (secondary N) is 1. The van der Waals surface area contributed by atoms with Gasteiger partial charge in [-0.1, -0.05) is 36.2 Å². The van der Waals surface area contributed by atoms with Gasteiger partial charge in [0.15, 0.2) is 5.13 Å². The number of nitrogens with zero attached hydrogens (tertiary/aromatic N) is 3. The molecule has 3 aromatic rings. The fourth-order valence-electron chi connectivity index (χ4n) is 3.90. The van der Waals surface area contributed by atoms with E-state index in [2.05, 4.69) is 40.0 Å². The average molecular weight is 435 g/mol. The number of anilines is 2. The molecule has 1 amide bonds. The Labute approximate surface area is 184 Å². The molecule has 0 radical (unpaired) electrons. The van der Waals surface area contributed by atoms with Crippen LogP contribution >= 0.6 is 23.3 Å². The van der Waals surface area contributed by atoms with Gasteiger partial charge in [-0.2, -0.15) is 5.26 Å². The second-order valence-electron chi connectivity index (χ2n) is 7.35. The van der Waals surface area contributed by atoms with Crippen LogP contribution in [0.1, 0.15) is 32.1 Å². The summed E-state index contributed by atoms with van der Waals surface area (Å²) in [5.74, 6) is 0.293. The van der Waals surface area contributed by atoms with E-state index in [0.29, 0.717) is 17.2 Å². The van der Waals surface area contributed by atoms with Gasteiger partial charge in [-0.15, -0.1) is 11.3 Å². The summed E-state index contributed by atoms with van der Waals surface area (Å²) in [6, 6.07) is 18.4. The summed E-state index contributed by atoms with van der Waals surface area (Å²) in [6.07, 6.45) is 3.89. The van der Waals surface area contributed by atoms with Crippen molar-refractivity contribution < 1.29 is 4.79 Å². The Hall–Kier alpha value is -2.82. The first kappa shape index (κ1) is 20.5. The van der Waals surface area contributed by atoms with Crippen LogP contribution in [-0.4, -0.2) is 23.7 Å². The van der Waals surface area contributed by atoms with E-state index in [9.17, 15) is 4.79 Å². The Balaban J connectivity index is 1.65. The average Bonchev–Trinajstić information content (AvgIpc) is 3.35. The lowest BCUT2D eigenvalue weighted by molar-refractivity contribution is 0.0980. The van der Waals surface area contributed by atoms with E-state index in [1.54, 1.807) is 0 Å². The first-order chi connectivity index (χ1) is 14.6. The third-order valence-electron chi connectivity index (χ3n) is 5.31. The third kappa shape index (κ3) is 4.20. The van der Waals surface area contributed by atoms with Crippen LogP contribution in [0.2, 0.25) is 0 Å². The third-order valence-corrected chi connectivity index (χ3v) is 6.69. The topological polar surface area (TPSA) is 69.0 Å². The van der Waals surface area contributed by atoms with E-state index in [0.717, 1.165) is 35.1 Å². The summed E-state index contributed by atoms with van der Waals surface area (Å²) in [5, 5.41) is 9.95. The van der Waals surface area contributed by atoms with Gasteiger partial charge in [0.1, 0.15) is 5.69 Å². The van der Waals surface area contributed by atoms with Crippen molar-refractivity contribution >= 4 is 40.0 Å². The van der Waals surface area contributed by atoms with Gasteiger partial charge in [-0.3, -0.25) is 9.52 Å². The van der Waals surface area contributed by atoms with Crippen molar-refractivity contribution in [2.45, 2.75) is 19.8 Å². The largest absolute Gasteiger partial charge is 0.318 e. The molecular formula is C23H22N4OS2. The van der Waals surface area contributed by atoms with Crippen LogP contribution < -0.4 is 9.62 Å². The smallest absolute Gasteiger partial charge is 0.280 e. The van der Waals surface area contributed by atoms with Crippen LogP contribution in [0.5, 0.6) is 0 Å². The molecule has 152 valence electrons. The fourth-order valence-corrected chi connectivity index (χ4v) is 5.11. The van der Waals surface area contributed by atoms with Gasteiger partial charge in [0.2, 0.25) is 0 Å². The minimum absolute atomic E-state index is 0.171. The zero-order valence-corrected chi connectivity index (χ0v) is 18.5. The van der Waals surface area contributed by atoms with Crippen molar-refractivity contribution in [3.63, 3.8) is 0 Å². The Kier molecular flexibility index (Phi) is 6.07. The normalized spacial score (nSPS) is 13.0. The molecule has 0 saturated heterocycles. The molecule has 1 aromatic heterocycles. The molecule has 2 aromatic carbocycles. The van der Waals surface area contributed by atoms with Gasteiger partial charge >= 0.3 is 0 Å². The highest BCUT2D eigenvalue weighted by molar-refractivity contribution is 7.97. The van der Waals surface area contributed by atoms with Crippen molar-refractivity contribution in [2.24, 2.45) is 5.92 Å². The van der Waals surface area contributed by atoms with Crippen molar-refractivity contribution in [2.75, 3.05) is 17.7 Å². The maximum Gasteiger partial charge on any atom is 0.280 e. The highest BCUT2D eigenvalue weighted by atomic mass is 32.2. The van der Waals surface area contributed by atoms with Gasteiger partial charge < -0.3 is 4.90 Å². The minimum Gasteiger partial charge on any atom is -0.318 e. The molecule has 0 saturated carbocycles. The summed E-state index contributed by atoms with van der Waals surface area (Å²) in [6.45, 7) is 2.73. The molecule has 0 unspecified atom stereocenters. The lowest BCUT2D eigenvalue weighted by atomic mass is 10.1. The number of thiazole rings is 1. The molecule has 0 atom stereocenters. The number of amides is 1. The summed E-state index contributed by atoms with van der Waals surface area (Å²) in [4.78, 5) is 20.1. The number of fused-ring (bicyclic) bond motifs is 1. The van der Waals surface area contributed by atoms with Crippen molar-refractivity contribution in [3.8, 4) is 6.07 Å². The molecule has 0 bridgehead atoms. The van der Waals surface area contributed by atoms with E-state index in [1.165, 1.54) is 34.4 Å². The quantitative estimate of drug-likeness (QED) is 0.560. The maximum absolute atomic E-state index is 12.4. The summed E-state index contributed by atoms with van der Waals surface area (Å²) in [5.41, 5.74) is 4.91. The molecule has 0 spiro atoms. The van der Waals surface area contributed by atoms with Gasteiger partial charge in [0.05, 0.1) is 11.6 Å². The van der Waals surface area contributed by atoms with E-state index < -0.39 is 0 Å². The molecule has 0 fully saturated rings. The van der Waals surface area contributed by atoms with Crippen LogP contribution in [-0.2, 0) is 12.8 Å². The number of nitriles is 1. The van der Waals surface area contributed by atoms with Crippen LogP contribution in [0, 0.1) is 24.2 Å². The van der Waals surface area contributed by atoms with Gasteiger partial charge in [-0.25, -0.2) is 4.98 Å². The number of hydrogen-bond acceptors (Lipinski definition) is 6. The Bertz CT molecular complexity index is 1080. The van der Waals surface area contributed by atoms with Crippen LogP contribution in [0.3, 0.4) is 0 Å². The second-order valence-corrected chi connectivity index (χ2v) is 9.14. The molecule has 0 aliphatic heterocycles. The molecule has 1 aliphatic rings. The number of hydrogen-bond donors (Lipinski definition) is 1. The van der Waals surface area contributed by atoms with Crippen LogP contribution in [0.25, 0.3) is 0 Å². The fraction of sp³-hybridized carbons (Fsp3) is 0.261. The van der Waals surface area contributed by atoms with Crippen LogP contribution in [0.4, 0.5) is 10.8 Å². The first-order valence-corrected chi connectivity index (χ1v) is 11.8. The van der Waals surface area contributed by atoms with Gasteiger partial charge in [0.25, 0.3) is 5.91 Å². The van der Waals surface area contributed by atoms with Gasteiger partial charge in [-0.05, 0) is 61.1 Å². The molecule has 1 heterocycles. The number of carbonyl (C=O) groups is 1. The number of carbonyl (C=O) groups excluding carboxylic acids is 1. The van der Waals surface area contributed by atoms with Crippen molar-refractivity contribution in [1.29, 1.82) is 5.26 Å².